The number of anilines is 1. The lowest BCUT2D eigenvalue weighted by Gasteiger charge is -2.08. The number of benzene rings is 3. The second kappa shape index (κ2) is 11.5. The Bertz CT molecular complexity index is 1470. The van der Waals surface area contributed by atoms with E-state index in [1.54, 1.807) is 7.11 Å². The third kappa shape index (κ3) is 7.62. The van der Waals surface area contributed by atoms with E-state index in [0.717, 1.165) is 16.0 Å². The number of carbonyl (C=O) groups is 1. The zero-order valence-corrected chi connectivity index (χ0v) is 22.5. The van der Waals surface area contributed by atoms with Crippen LogP contribution in [0.2, 0.25) is 0 Å². The van der Waals surface area contributed by atoms with Crippen LogP contribution in [-0.4, -0.2) is 36.5 Å². The van der Waals surface area contributed by atoms with Crippen LogP contribution in [0.4, 0.5) is 18.3 Å². The second-order valence-corrected chi connectivity index (χ2v) is 12.5. The first kappa shape index (κ1) is 27.8. The zero-order chi connectivity index (χ0) is 26.5. The van der Waals surface area contributed by atoms with E-state index in [0.29, 0.717) is 10.7 Å². The summed E-state index contributed by atoms with van der Waals surface area (Å²) in [5, 5.41) is 3.54. The van der Waals surface area contributed by atoms with Crippen molar-refractivity contribution in [1.82, 2.24) is 4.98 Å². The minimum absolute atomic E-state index is 0.137. The second-order valence-electron chi connectivity index (χ2n) is 7.11. The van der Waals surface area contributed by atoms with Crippen molar-refractivity contribution in [3.8, 4) is 5.75 Å². The van der Waals surface area contributed by atoms with E-state index < -0.39 is 15.6 Å². The van der Waals surface area contributed by atoms with E-state index in [-0.39, 0.29) is 27.1 Å². The Morgan fingerprint density at radius 2 is 1.72 bits per heavy atom. The summed E-state index contributed by atoms with van der Waals surface area (Å²) < 4.78 is 67.8. The van der Waals surface area contributed by atoms with Gasteiger partial charge in [-0.3, -0.25) is 10.1 Å². The molecule has 0 aliphatic rings. The lowest BCUT2D eigenvalue weighted by atomic mass is 10.2. The van der Waals surface area contributed by atoms with Crippen molar-refractivity contribution in [1.29, 1.82) is 0 Å². The lowest BCUT2D eigenvalue weighted by molar-refractivity contribution is -0.597. The molecule has 0 spiro atoms. The van der Waals surface area contributed by atoms with Crippen molar-refractivity contribution in [3.05, 3.63) is 85.0 Å². The number of aryl methyl sites for hydroxylation is 1. The molecule has 1 N–H and O–H groups in total. The van der Waals surface area contributed by atoms with Gasteiger partial charge in [0.15, 0.2) is 22.4 Å². The molecule has 7 nitrogen and oxygen atoms in total. The van der Waals surface area contributed by atoms with Crippen LogP contribution in [-0.2, 0) is 10.1 Å². The molecule has 13 heteroatoms. The molecule has 0 bridgehead atoms. The van der Waals surface area contributed by atoms with Gasteiger partial charge in [0.25, 0.3) is 5.91 Å². The highest BCUT2D eigenvalue weighted by atomic mass is 127. The first-order valence-electron chi connectivity index (χ1n) is 9.95. The number of nitrogens with zero attached hydrogens (tertiary/aromatic N) is 1. The number of alkyl halides is 3. The Morgan fingerprint density at radius 3 is 2.33 bits per heavy atom. The van der Waals surface area contributed by atoms with Gasteiger partial charge in [0.05, 0.1) is 17.3 Å². The molecule has 1 amide bonds. The van der Waals surface area contributed by atoms with Crippen LogP contribution in [0.25, 0.3) is 10.2 Å². The summed E-state index contributed by atoms with van der Waals surface area (Å²) in [5.74, 6) is 0.737. The third-order valence-corrected chi connectivity index (χ3v) is 8.54. The van der Waals surface area contributed by atoms with Crippen LogP contribution >= 0.6 is 11.3 Å². The largest absolute Gasteiger partial charge is 0.741 e. The zero-order valence-electron chi connectivity index (χ0n) is 18.7. The summed E-state index contributed by atoms with van der Waals surface area (Å²) >= 11 is 1.18. The van der Waals surface area contributed by atoms with Crippen molar-refractivity contribution in [2.45, 2.75) is 12.4 Å². The van der Waals surface area contributed by atoms with Gasteiger partial charge < -0.3 is 9.29 Å². The topological polar surface area (TPSA) is 108 Å². The standard InChI is InChI=1S/C22H17IN2O2S.CHF3O3S/c1-14-6-11-19-20(12-14)28-22(24-19)25-21(26)15-7-9-16(10-8-15)23-17-4-3-5-18(13-17)27-2;2-1(3,4)8(5,6)7/h3-13H,1-2H3;(H,5,6,7). The maximum Gasteiger partial charge on any atom is 0.485 e. The molecule has 1 heterocycles. The Kier molecular flexibility index (Phi) is 8.92. The van der Waals surface area contributed by atoms with Crippen LogP contribution in [0.1, 0.15) is 15.9 Å². The number of thiazole rings is 1. The molecule has 36 heavy (non-hydrogen) atoms. The maximum absolute atomic E-state index is 12.6. The summed E-state index contributed by atoms with van der Waals surface area (Å²) in [6.07, 6.45) is 0. The molecule has 0 radical (unpaired) electrons. The van der Waals surface area contributed by atoms with E-state index in [1.165, 1.54) is 24.0 Å². The van der Waals surface area contributed by atoms with Crippen molar-refractivity contribution >= 4 is 42.7 Å². The molecular formula is C23H18F3IN2O5S2. The Labute approximate surface area is 219 Å². The first-order valence-corrected chi connectivity index (χ1v) is 14.3. The highest BCUT2D eigenvalue weighted by Gasteiger charge is 2.36. The normalized spacial score (nSPS) is 11.5. The fraction of sp³-hybridized carbons (Fsp3) is 0.130. The highest BCUT2D eigenvalue weighted by Crippen LogP contribution is 2.27. The van der Waals surface area contributed by atoms with E-state index in [9.17, 15) is 18.0 Å². The monoisotopic (exact) mass is 650 g/mol. The number of amides is 1. The van der Waals surface area contributed by atoms with Gasteiger partial charge in [-0.1, -0.05) is 23.5 Å². The molecule has 4 aromatic rings. The van der Waals surface area contributed by atoms with Crippen LogP contribution in [0.5, 0.6) is 5.75 Å². The fourth-order valence-electron chi connectivity index (χ4n) is 2.70. The average Bonchev–Trinajstić information content (AvgIpc) is 3.20. The van der Waals surface area contributed by atoms with Gasteiger partial charge in [0.1, 0.15) is 5.75 Å². The minimum Gasteiger partial charge on any atom is -0.741 e. The predicted octanol–water partition coefficient (Wildman–Crippen LogP) is 2.05. The Hall–Kier alpha value is -2.75. The van der Waals surface area contributed by atoms with Crippen LogP contribution in [0.15, 0.2) is 66.7 Å². The van der Waals surface area contributed by atoms with Crippen molar-refractivity contribution in [2.24, 2.45) is 0 Å². The molecule has 0 saturated heterocycles. The van der Waals surface area contributed by atoms with Gasteiger partial charge in [-0.05, 0) is 61.0 Å². The first-order chi connectivity index (χ1) is 16.9. The number of aromatic nitrogens is 1. The lowest BCUT2D eigenvalue weighted by Crippen LogP contribution is -3.61. The molecule has 1 aromatic heterocycles. The number of halogens is 4. The number of hydrogen-bond acceptors (Lipinski definition) is 7. The van der Waals surface area contributed by atoms with Gasteiger partial charge in [-0.15, -0.1) is 0 Å². The molecule has 190 valence electrons. The van der Waals surface area contributed by atoms with Gasteiger partial charge >= 0.3 is 26.7 Å². The van der Waals surface area contributed by atoms with Gasteiger partial charge in [-0.25, -0.2) is 13.4 Å². The summed E-state index contributed by atoms with van der Waals surface area (Å²) in [7, 11) is -4.41. The van der Waals surface area contributed by atoms with Gasteiger partial charge in [0, 0.05) is 11.6 Å². The maximum atomic E-state index is 12.6. The van der Waals surface area contributed by atoms with E-state index in [2.05, 4.69) is 28.5 Å². The fourth-order valence-corrected chi connectivity index (χ4v) is 5.95. The number of nitrogens with one attached hydrogen (secondary N) is 1. The highest BCUT2D eigenvalue weighted by molar-refractivity contribution is 7.86. The SMILES string of the molecule is COc1cccc([I+]c2ccc(C(=O)Nc3nc4ccc(C)cc4s3)cc2)c1.O=S(=O)([O-])C(F)(F)F. The smallest absolute Gasteiger partial charge is 0.485 e. The quantitative estimate of drug-likeness (QED) is 0.201. The molecule has 3 aromatic carbocycles. The molecular weight excluding hydrogens is 632 g/mol. The van der Waals surface area contributed by atoms with Crippen molar-refractivity contribution in [2.75, 3.05) is 12.4 Å². The van der Waals surface area contributed by atoms with Crippen molar-refractivity contribution < 1.29 is 56.9 Å². The molecule has 0 saturated carbocycles. The van der Waals surface area contributed by atoms with Crippen LogP contribution in [0.3, 0.4) is 0 Å². The molecule has 0 fully saturated rings. The Morgan fingerprint density at radius 1 is 1.06 bits per heavy atom. The van der Waals surface area contributed by atoms with Crippen LogP contribution < -0.4 is 31.3 Å². The molecule has 0 aliphatic heterocycles. The van der Waals surface area contributed by atoms with E-state index in [4.69, 9.17) is 17.7 Å². The summed E-state index contributed by atoms with van der Waals surface area (Å²) in [4.78, 5) is 17.0. The summed E-state index contributed by atoms with van der Waals surface area (Å²) in [6, 6.07) is 22.1. The van der Waals surface area contributed by atoms with E-state index in [1.807, 2.05) is 55.5 Å². The number of ether oxygens (including phenoxy) is 1. The Balaban J connectivity index is 0.000000392. The van der Waals surface area contributed by atoms with Crippen molar-refractivity contribution in [3.63, 3.8) is 0 Å². The van der Waals surface area contributed by atoms with Gasteiger partial charge in [-0.2, -0.15) is 13.2 Å². The third-order valence-electron chi connectivity index (χ3n) is 4.40. The number of carbonyl (C=O) groups excluding carboxylic acids is 1. The molecule has 4 rings (SSSR count). The number of rotatable bonds is 5. The number of hydrogen-bond donors (Lipinski definition) is 1. The van der Waals surface area contributed by atoms with Crippen LogP contribution in [0, 0.1) is 14.1 Å². The summed E-state index contributed by atoms with van der Waals surface area (Å²) in [6.45, 7) is 2.05. The average molecular weight is 650 g/mol. The number of methoxy groups -OCH3 is 1. The summed E-state index contributed by atoms with van der Waals surface area (Å²) in [5.41, 5.74) is -2.92. The molecule has 0 unspecified atom stereocenters. The van der Waals surface area contributed by atoms with E-state index >= 15 is 0 Å². The number of fused-ring (bicyclic) bond motifs is 1. The molecule has 0 atom stereocenters. The minimum atomic E-state index is -6.09. The molecule has 0 aliphatic carbocycles. The predicted molar refractivity (Wildman–Crippen MR) is 125 cm³/mol. The van der Waals surface area contributed by atoms with Gasteiger partial charge in [0.2, 0.25) is 0 Å².